The molecule has 7 rings (SSSR count). The van der Waals surface area contributed by atoms with E-state index in [0.29, 0.717) is 144 Å². The Labute approximate surface area is 412 Å². The molecule has 0 radical (unpaired) electrons. The summed E-state index contributed by atoms with van der Waals surface area (Å²) in [4.78, 5) is 75.2. The lowest BCUT2D eigenvalue weighted by atomic mass is 10.0. The number of pyridine rings is 2. The molecule has 1 aliphatic carbocycles. The van der Waals surface area contributed by atoms with Crippen molar-refractivity contribution in [3.8, 4) is 0 Å². The lowest BCUT2D eigenvalue weighted by Gasteiger charge is -2.36. The van der Waals surface area contributed by atoms with E-state index in [2.05, 4.69) is 35.8 Å². The number of carbonyl (C=O) groups excluding carboxylic acids is 3. The summed E-state index contributed by atoms with van der Waals surface area (Å²) < 4.78 is 29.8. The van der Waals surface area contributed by atoms with Crippen LogP contribution in [-0.2, 0) is 28.5 Å². The van der Waals surface area contributed by atoms with Gasteiger partial charge in [-0.05, 0) is 82.9 Å². The molecule has 1 saturated carbocycles. The third-order valence-electron chi connectivity index (χ3n) is 12.6. The van der Waals surface area contributed by atoms with Crippen molar-refractivity contribution < 1.29 is 38.1 Å². The topological polar surface area (TPSA) is 213 Å². The predicted octanol–water partition coefficient (Wildman–Crippen LogP) is 6.42. The Bertz CT molecular complexity index is 2590. The van der Waals surface area contributed by atoms with Crippen molar-refractivity contribution >= 4 is 68.2 Å². The summed E-state index contributed by atoms with van der Waals surface area (Å²) in [6.45, 7) is 16.5. The molecule has 376 valence electrons. The van der Waals surface area contributed by atoms with Gasteiger partial charge in [0.2, 0.25) is 11.9 Å². The van der Waals surface area contributed by atoms with Crippen LogP contribution in [0.4, 0.5) is 28.3 Å². The maximum Gasteiger partial charge on any atom is 0.263 e. The molecule has 2 amide bonds. The second-order valence-electron chi connectivity index (χ2n) is 17.3. The first-order valence-corrected chi connectivity index (χ1v) is 25.0. The molecule has 19 nitrogen and oxygen atoms in total. The number of thiazole rings is 1. The quantitative estimate of drug-likeness (QED) is 0.0403. The minimum absolute atomic E-state index is 0.00388. The first kappa shape index (κ1) is 51.9. The molecule has 1 aliphatic heterocycles. The molecule has 0 unspecified atom stereocenters. The minimum Gasteiger partial charge on any atom is -0.382 e. The summed E-state index contributed by atoms with van der Waals surface area (Å²) in [6.07, 6.45) is 7.57. The highest BCUT2D eigenvalue weighted by Gasteiger charge is 2.26. The van der Waals surface area contributed by atoms with Crippen LogP contribution in [0.2, 0.25) is 0 Å². The standard InChI is InChI=1S/C50H66N10O9S/c1-33-40(47(63)57-50-54-35(3)37(5)70-50)11-8-12-42(33)51-16-22-66-24-26-68-28-30-69-29-27-67-25-23-65-21-15-44(62)59-19-17-58(18-20-59)39-13-14-43(52-31-39)55-49-53-32-41-34(2)45(36(4)61)48(64)60(46(41)56-49)38-9-6-7-10-38/h8,11-14,31-32,38,51H,6-7,9-10,15-30H2,1-5H3,(H,54,57,63)(H,52,53,55,56). The van der Waals surface area contributed by atoms with Gasteiger partial charge in [-0.25, -0.2) is 15.0 Å². The Morgan fingerprint density at radius 1 is 0.757 bits per heavy atom. The number of fused-ring (bicyclic) bond motifs is 1. The second-order valence-corrected chi connectivity index (χ2v) is 18.5. The molecule has 1 saturated heterocycles. The van der Waals surface area contributed by atoms with Crippen LogP contribution >= 0.6 is 11.3 Å². The van der Waals surface area contributed by atoms with Crippen molar-refractivity contribution in [3.63, 3.8) is 0 Å². The van der Waals surface area contributed by atoms with Gasteiger partial charge in [-0.3, -0.25) is 29.1 Å². The van der Waals surface area contributed by atoms with E-state index in [1.165, 1.54) is 18.3 Å². The van der Waals surface area contributed by atoms with Gasteiger partial charge in [0.15, 0.2) is 10.9 Å². The summed E-state index contributed by atoms with van der Waals surface area (Å²) in [7, 11) is 0. The lowest BCUT2D eigenvalue weighted by Crippen LogP contribution is -2.49. The van der Waals surface area contributed by atoms with Crippen LogP contribution in [0.5, 0.6) is 0 Å². The molecular formula is C50H66N10O9S. The summed E-state index contributed by atoms with van der Waals surface area (Å²) in [5, 5.41) is 10.7. The van der Waals surface area contributed by atoms with Gasteiger partial charge < -0.3 is 44.1 Å². The third-order valence-corrected chi connectivity index (χ3v) is 13.6. The normalized spacial score (nSPS) is 14.1. The SMILES string of the molecule is CC(=O)c1c(C)c2cnc(Nc3ccc(N4CCN(C(=O)CCOCCOCCOCCOCCOCCNc5cccc(C(=O)Nc6nc(C)c(C)s6)c5C)CC4)cn3)nc2n(C2CCCC2)c1=O. The maximum atomic E-state index is 13.6. The lowest BCUT2D eigenvalue weighted by molar-refractivity contribution is -0.132. The molecule has 5 aromatic rings. The molecule has 2 aliphatic rings. The van der Waals surface area contributed by atoms with Crippen LogP contribution in [-0.4, -0.2) is 146 Å². The predicted molar refractivity (Wildman–Crippen MR) is 270 cm³/mol. The monoisotopic (exact) mass is 982 g/mol. The van der Waals surface area contributed by atoms with Crippen molar-refractivity contribution in [2.75, 3.05) is 120 Å². The number of nitrogens with one attached hydrogen (secondary N) is 3. The summed E-state index contributed by atoms with van der Waals surface area (Å²) in [5.41, 5.74) is 5.25. The number of ketones is 1. The van der Waals surface area contributed by atoms with Gasteiger partial charge in [-0.15, -0.1) is 11.3 Å². The van der Waals surface area contributed by atoms with E-state index in [1.807, 2.05) is 49.9 Å². The number of piperazine rings is 1. The Balaban J connectivity index is 0.684. The number of hydrogen-bond donors (Lipinski definition) is 3. The number of ether oxygens (including phenoxy) is 5. The number of Topliss-reactive ketones (excluding diaryl/α,β-unsaturated/α-hetero) is 1. The average molecular weight is 983 g/mol. The maximum absolute atomic E-state index is 13.6. The van der Waals surface area contributed by atoms with Gasteiger partial charge in [-0.2, -0.15) is 4.98 Å². The molecule has 3 N–H and O–H groups in total. The van der Waals surface area contributed by atoms with Gasteiger partial charge in [-0.1, -0.05) is 18.9 Å². The van der Waals surface area contributed by atoms with Crippen molar-refractivity contribution in [3.05, 3.63) is 85.9 Å². The van der Waals surface area contributed by atoms with E-state index in [1.54, 1.807) is 30.0 Å². The zero-order valence-corrected chi connectivity index (χ0v) is 41.8. The first-order chi connectivity index (χ1) is 34.0. The highest BCUT2D eigenvalue weighted by molar-refractivity contribution is 7.15. The Hall–Kier alpha value is -5.90. The molecule has 5 heterocycles. The van der Waals surface area contributed by atoms with Crippen LogP contribution in [0.1, 0.15) is 87.5 Å². The van der Waals surface area contributed by atoms with Crippen LogP contribution in [0.25, 0.3) is 11.0 Å². The van der Waals surface area contributed by atoms with Crippen LogP contribution in [0, 0.1) is 27.7 Å². The fourth-order valence-electron chi connectivity index (χ4n) is 8.61. The van der Waals surface area contributed by atoms with E-state index >= 15 is 0 Å². The molecule has 0 spiro atoms. The number of amides is 2. The summed E-state index contributed by atoms with van der Waals surface area (Å²) in [6, 6.07) is 9.44. The fourth-order valence-corrected chi connectivity index (χ4v) is 9.42. The third kappa shape index (κ3) is 13.9. The van der Waals surface area contributed by atoms with E-state index in [4.69, 9.17) is 28.7 Å². The molecule has 70 heavy (non-hydrogen) atoms. The number of hydrogen-bond acceptors (Lipinski definition) is 17. The average Bonchev–Trinajstić information content (AvgIpc) is 4.00. The zero-order chi connectivity index (χ0) is 49.4. The minimum atomic E-state index is -0.287. The molecule has 4 aromatic heterocycles. The highest BCUT2D eigenvalue weighted by atomic mass is 32.1. The number of nitrogens with zero attached hydrogens (tertiary/aromatic N) is 7. The van der Waals surface area contributed by atoms with Gasteiger partial charge >= 0.3 is 0 Å². The number of carbonyl (C=O) groups is 3. The van der Waals surface area contributed by atoms with Gasteiger partial charge in [0.25, 0.3) is 11.5 Å². The molecule has 2 fully saturated rings. The molecule has 20 heteroatoms. The zero-order valence-electron chi connectivity index (χ0n) is 41.0. The molecular weight excluding hydrogens is 917 g/mol. The van der Waals surface area contributed by atoms with Crippen LogP contribution < -0.4 is 26.4 Å². The Kier molecular flexibility index (Phi) is 19.1. The van der Waals surface area contributed by atoms with Crippen molar-refractivity contribution in [2.45, 2.75) is 72.8 Å². The number of aryl methyl sites for hydroxylation is 3. The van der Waals surface area contributed by atoms with E-state index < -0.39 is 0 Å². The molecule has 0 atom stereocenters. The summed E-state index contributed by atoms with van der Waals surface area (Å²) in [5.74, 6) is 0.504. The van der Waals surface area contributed by atoms with Gasteiger partial charge in [0.1, 0.15) is 11.5 Å². The highest BCUT2D eigenvalue weighted by Crippen LogP contribution is 2.32. The van der Waals surface area contributed by atoms with Gasteiger partial charge in [0.05, 0.1) is 95.6 Å². The van der Waals surface area contributed by atoms with Crippen molar-refractivity contribution in [1.82, 2.24) is 29.4 Å². The Morgan fingerprint density at radius 3 is 2.03 bits per heavy atom. The van der Waals surface area contributed by atoms with Crippen LogP contribution in [0.3, 0.4) is 0 Å². The van der Waals surface area contributed by atoms with E-state index in [0.717, 1.165) is 53.2 Å². The number of anilines is 5. The van der Waals surface area contributed by atoms with Gasteiger partial charge in [0, 0.05) is 66.5 Å². The van der Waals surface area contributed by atoms with Crippen LogP contribution in [0.15, 0.2) is 47.5 Å². The van der Waals surface area contributed by atoms with Crippen molar-refractivity contribution in [2.24, 2.45) is 0 Å². The fraction of sp³-hybridized carbons (Fsp3) is 0.520. The number of benzene rings is 1. The number of aromatic nitrogens is 5. The van der Waals surface area contributed by atoms with E-state index in [-0.39, 0.29) is 34.8 Å². The molecule has 0 bridgehead atoms. The first-order valence-electron chi connectivity index (χ1n) is 24.1. The van der Waals surface area contributed by atoms with E-state index in [9.17, 15) is 19.2 Å². The molecule has 1 aromatic carbocycles. The Morgan fingerprint density at radius 2 is 1.41 bits per heavy atom. The van der Waals surface area contributed by atoms with Crippen molar-refractivity contribution in [1.29, 1.82) is 0 Å². The smallest absolute Gasteiger partial charge is 0.263 e. The second kappa shape index (κ2) is 25.8. The number of rotatable bonds is 26. The largest absolute Gasteiger partial charge is 0.382 e. The summed E-state index contributed by atoms with van der Waals surface area (Å²) >= 11 is 1.47.